The Labute approximate surface area is 133 Å². The maximum Gasteiger partial charge on any atom is 0.120 e. The number of hydrogen-bond donors (Lipinski definition) is 1. The molecule has 2 aromatic rings. The Kier molecular flexibility index (Phi) is 5.04. The maximum absolute atomic E-state index is 5.60. The van der Waals surface area contributed by atoms with Gasteiger partial charge in [0.05, 0.1) is 6.61 Å². The number of aromatic nitrogens is 1. The van der Waals surface area contributed by atoms with Gasteiger partial charge in [0.25, 0.3) is 0 Å². The van der Waals surface area contributed by atoms with Gasteiger partial charge in [0, 0.05) is 22.5 Å². The molecule has 3 rings (SSSR count). The Morgan fingerprint density at radius 2 is 2.00 bits per heavy atom. The minimum Gasteiger partial charge on any atom is -0.494 e. The number of H-pyrrole nitrogens is 1. The third kappa shape index (κ3) is 3.46. The molecule has 0 aliphatic carbocycles. The average molecular weight is 300 g/mol. The monoisotopic (exact) mass is 300 g/mol. The smallest absolute Gasteiger partial charge is 0.120 e. The number of piperidine rings is 1. The van der Waals surface area contributed by atoms with Gasteiger partial charge in [-0.3, -0.25) is 0 Å². The number of likely N-dealkylation sites (tertiary alicyclic amines) is 1. The number of fused-ring (bicyclic) bond motifs is 1. The van der Waals surface area contributed by atoms with Crippen LogP contribution in [0, 0.1) is 0 Å². The van der Waals surface area contributed by atoms with E-state index in [0.717, 1.165) is 12.4 Å². The fourth-order valence-electron chi connectivity index (χ4n) is 3.46. The predicted molar refractivity (Wildman–Crippen MR) is 92.8 cm³/mol. The van der Waals surface area contributed by atoms with Gasteiger partial charge in [-0.25, -0.2) is 0 Å². The highest BCUT2D eigenvalue weighted by molar-refractivity contribution is 5.82. The Balaban J connectivity index is 1.66. The van der Waals surface area contributed by atoms with Crippen LogP contribution in [0.1, 0.15) is 51.1 Å². The van der Waals surface area contributed by atoms with Gasteiger partial charge in [0.15, 0.2) is 0 Å². The lowest BCUT2D eigenvalue weighted by atomic mass is 9.93. The van der Waals surface area contributed by atoms with Crippen molar-refractivity contribution in [1.29, 1.82) is 0 Å². The summed E-state index contributed by atoms with van der Waals surface area (Å²) in [4.78, 5) is 6.24. The Bertz CT molecular complexity index is 597. The van der Waals surface area contributed by atoms with Crippen molar-refractivity contribution in [3.8, 4) is 5.75 Å². The van der Waals surface area contributed by atoms with E-state index in [9.17, 15) is 0 Å². The molecule has 0 spiro atoms. The van der Waals surface area contributed by atoms with Gasteiger partial charge in [-0.1, -0.05) is 13.3 Å². The number of unbranched alkanes of at least 4 members (excludes halogenated alkanes) is 1. The lowest BCUT2D eigenvalue weighted by Gasteiger charge is -2.31. The molecule has 0 unspecified atom stereocenters. The van der Waals surface area contributed by atoms with E-state index >= 15 is 0 Å². The molecule has 1 aliphatic rings. The van der Waals surface area contributed by atoms with Crippen LogP contribution in [0.15, 0.2) is 24.3 Å². The van der Waals surface area contributed by atoms with Gasteiger partial charge in [-0.05, 0) is 70.1 Å². The molecule has 120 valence electrons. The second kappa shape index (κ2) is 7.19. The first-order valence-electron chi connectivity index (χ1n) is 8.78. The molecule has 0 radical (unpaired) electrons. The van der Waals surface area contributed by atoms with Crippen molar-refractivity contribution in [2.75, 3.05) is 26.2 Å². The van der Waals surface area contributed by atoms with Gasteiger partial charge in [-0.15, -0.1) is 0 Å². The van der Waals surface area contributed by atoms with Crippen LogP contribution in [0.25, 0.3) is 10.9 Å². The number of nitrogens with one attached hydrogen (secondary N) is 1. The van der Waals surface area contributed by atoms with Crippen LogP contribution in [-0.2, 0) is 0 Å². The summed E-state index contributed by atoms with van der Waals surface area (Å²) in [6, 6.07) is 8.67. The molecule has 1 aromatic heterocycles. The molecule has 2 heterocycles. The number of hydrogen-bond acceptors (Lipinski definition) is 2. The molecular weight excluding hydrogens is 272 g/mol. The quantitative estimate of drug-likeness (QED) is 0.848. The highest BCUT2D eigenvalue weighted by Crippen LogP contribution is 2.31. The van der Waals surface area contributed by atoms with Gasteiger partial charge in [0.2, 0.25) is 0 Å². The third-order valence-electron chi connectivity index (χ3n) is 4.78. The van der Waals surface area contributed by atoms with Gasteiger partial charge in [0.1, 0.15) is 5.75 Å². The lowest BCUT2D eigenvalue weighted by molar-refractivity contribution is 0.208. The van der Waals surface area contributed by atoms with Gasteiger partial charge >= 0.3 is 0 Å². The molecule has 0 atom stereocenters. The fourth-order valence-corrected chi connectivity index (χ4v) is 3.46. The number of nitrogens with zero attached hydrogens (tertiary/aromatic N) is 1. The Morgan fingerprint density at radius 3 is 2.73 bits per heavy atom. The zero-order valence-corrected chi connectivity index (χ0v) is 13.9. The second-order valence-corrected chi connectivity index (χ2v) is 6.38. The van der Waals surface area contributed by atoms with Crippen molar-refractivity contribution in [2.45, 2.75) is 45.4 Å². The summed E-state index contributed by atoms with van der Waals surface area (Å²) in [5.74, 6) is 1.65. The van der Waals surface area contributed by atoms with E-state index in [2.05, 4.69) is 41.1 Å². The number of aromatic amines is 1. The largest absolute Gasteiger partial charge is 0.494 e. The fraction of sp³-hybridized carbons (Fsp3) is 0.579. The summed E-state index contributed by atoms with van der Waals surface area (Å²) in [6.45, 7) is 8.77. The highest BCUT2D eigenvalue weighted by Gasteiger charge is 2.21. The zero-order valence-electron chi connectivity index (χ0n) is 13.9. The molecule has 1 saturated heterocycles. The van der Waals surface area contributed by atoms with Crippen LogP contribution in [0.4, 0.5) is 0 Å². The zero-order chi connectivity index (χ0) is 15.4. The highest BCUT2D eigenvalue weighted by atomic mass is 16.5. The Morgan fingerprint density at radius 1 is 1.18 bits per heavy atom. The molecular formula is C19H28N2O. The summed E-state index contributed by atoms with van der Waals surface area (Å²) in [5, 5.41) is 1.27. The number of rotatable bonds is 6. The van der Waals surface area contributed by atoms with Crippen LogP contribution >= 0.6 is 0 Å². The van der Waals surface area contributed by atoms with Crippen LogP contribution < -0.4 is 4.74 Å². The van der Waals surface area contributed by atoms with Crippen molar-refractivity contribution >= 4 is 10.9 Å². The van der Waals surface area contributed by atoms with Gasteiger partial charge in [-0.2, -0.15) is 0 Å². The SMILES string of the molecule is CCCCN1CCC(c2cc3cc(OCC)ccc3[nH]2)CC1. The molecule has 1 fully saturated rings. The first kappa shape index (κ1) is 15.4. The Hall–Kier alpha value is -1.48. The van der Waals surface area contributed by atoms with Crippen molar-refractivity contribution in [2.24, 2.45) is 0 Å². The van der Waals surface area contributed by atoms with E-state index in [1.54, 1.807) is 0 Å². The average Bonchev–Trinajstić information content (AvgIpc) is 2.97. The summed E-state index contributed by atoms with van der Waals surface area (Å²) in [7, 11) is 0. The third-order valence-corrected chi connectivity index (χ3v) is 4.78. The summed E-state index contributed by atoms with van der Waals surface area (Å²) in [6.07, 6.45) is 5.17. The topological polar surface area (TPSA) is 28.3 Å². The summed E-state index contributed by atoms with van der Waals surface area (Å²) < 4.78 is 5.60. The minimum absolute atomic E-state index is 0.681. The standard InChI is InChI=1S/C19H28N2O/c1-3-5-10-21-11-8-15(9-12-21)19-14-16-13-17(22-4-2)6-7-18(16)20-19/h6-7,13-15,20H,3-5,8-12H2,1-2H3. The number of ether oxygens (including phenoxy) is 1. The van der Waals surface area contributed by atoms with E-state index in [4.69, 9.17) is 4.74 Å². The van der Waals surface area contributed by atoms with Crippen molar-refractivity contribution in [1.82, 2.24) is 9.88 Å². The van der Waals surface area contributed by atoms with E-state index in [0.29, 0.717) is 5.92 Å². The first-order chi connectivity index (χ1) is 10.8. The molecule has 22 heavy (non-hydrogen) atoms. The summed E-state index contributed by atoms with van der Waals surface area (Å²) >= 11 is 0. The van der Waals surface area contributed by atoms with Crippen molar-refractivity contribution in [3.05, 3.63) is 30.0 Å². The number of benzene rings is 1. The molecule has 0 saturated carbocycles. The maximum atomic E-state index is 5.60. The molecule has 1 aromatic carbocycles. The van der Waals surface area contributed by atoms with Crippen LogP contribution in [0.5, 0.6) is 5.75 Å². The molecule has 3 heteroatoms. The van der Waals surface area contributed by atoms with Gasteiger partial charge < -0.3 is 14.6 Å². The normalized spacial score (nSPS) is 17.2. The van der Waals surface area contributed by atoms with E-state index in [-0.39, 0.29) is 0 Å². The lowest BCUT2D eigenvalue weighted by Crippen LogP contribution is -2.33. The minimum atomic E-state index is 0.681. The predicted octanol–water partition coefficient (Wildman–Crippen LogP) is 4.55. The van der Waals surface area contributed by atoms with E-state index in [1.807, 2.05) is 6.92 Å². The molecule has 1 aliphatic heterocycles. The van der Waals surface area contributed by atoms with E-state index in [1.165, 1.54) is 61.9 Å². The van der Waals surface area contributed by atoms with Crippen molar-refractivity contribution in [3.63, 3.8) is 0 Å². The first-order valence-corrected chi connectivity index (χ1v) is 8.78. The second-order valence-electron chi connectivity index (χ2n) is 6.38. The van der Waals surface area contributed by atoms with Crippen LogP contribution in [0.3, 0.4) is 0 Å². The molecule has 3 nitrogen and oxygen atoms in total. The molecule has 0 amide bonds. The van der Waals surface area contributed by atoms with Crippen LogP contribution in [-0.4, -0.2) is 36.1 Å². The van der Waals surface area contributed by atoms with E-state index < -0.39 is 0 Å². The van der Waals surface area contributed by atoms with Crippen LogP contribution in [0.2, 0.25) is 0 Å². The molecule has 0 bridgehead atoms. The molecule has 1 N–H and O–H groups in total. The summed E-state index contributed by atoms with van der Waals surface area (Å²) in [5.41, 5.74) is 2.63. The van der Waals surface area contributed by atoms with Crippen molar-refractivity contribution < 1.29 is 4.74 Å².